The van der Waals surface area contributed by atoms with E-state index in [0.717, 1.165) is 18.0 Å². The summed E-state index contributed by atoms with van der Waals surface area (Å²) in [4.78, 5) is 6.26. The van der Waals surface area contributed by atoms with E-state index in [-0.39, 0.29) is 12.7 Å². The van der Waals surface area contributed by atoms with Crippen molar-refractivity contribution < 1.29 is 9.84 Å². The summed E-state index contributed by atoms with van der Waals surface area (Å²) < 4.78 is 5.75. The normalized spacial score (nSPS) is 17.7. The highest BCUT2D eigenvalue weighted by molar-refractivity contribution is 5.60. The second kappa shape index (κ2) is 5.28. The number of fused-ring (bicyclic) bond motifs is 1. The molecule has 0 radical (unpaired) electrons. The van der Waals surface area contributed by atoms with Gasteiger partial charge in [-0.1, -0.05) is 12.1 Å². The molecule has 2 aromatic rings. The molecule has 4 heteroatoms. The number of rotatable bonds is 3. The number of benzene rings is 1. The minimum Gasteiger partial charge on any atom is -0.484 e. The Labute approximate surface area is 112 Å². The minimum absolute atomic E-state index is 0.0289. The van der Waals surface area contributed by atoms with Crippen molar-refractivity contribution in [2.24, 2.45) is 0 Å². The Hall–Kier alpha value is -2.07. The van der Waals surface area contributed by atoms with Crippen LogP contribution < -0.4 is 9.64 Å². The minimum atomic E-state index is -0.170. The van der Waals surface area contributed by atoms with E-state index in [4.69, 9.17) is 4.74 Å². The number of ether oxygens (including phenoxy) is 1. The van der Waals surface area contributed by atoms with Gasteiger partial charge in [-0.15, -0.1) is 0 Å². The Balaban J connectivity index is 1.88. The average molecular weight is 256 g/mol. The second-order valence-corrected chi connectivity index (χ2v) is 4.63. The number of pyridine rings is 1. The van der Waals surface area contributed by atoms with Crippen molar-refractivity contribution in [2.45, 2.75) is 12.6 Å². The third-order valence-electron chi connectivity index (χ3n) is 3.25. The lowest BCUT2D eigenvalue weighted by Gasteiger charge is -2.35. The standard InChI is InChI=1S/C15H16N2O2/c18-11-13-10-17(9-12-5-7-16-8-6-12)14-3-1-2-4-15(14)19-13/h1-8,13,18H,9-11H2/t13-/m0/s1. The zero-order valence-electron chi connectivity index (χ0n) is 10.6. The van der Waals surface area contributed by atoms with Gasteiger partial charge in [0.25, 0.3) is 0 Å². The van der Waals surface area contributed by atoms with Gasteiger partial charge >= 0.3 is 0 Å². The van der Waals surface area contributed by atoms with Crippen LogP contribution in [0.3, 0.4) is 0 Å². The maximum atomic E-state index is 9.34. The van der Waals surface area contributed by atoms with E-state index in [0.29, 0.717) is 6.54 Å². The maximum absolute atomic E-state index is 9.34. The summed E-state index contributed by atoms with van der Waals surface area (Å²) >= 11 is 0. The number of anilines is 1. The summed E-state index contributed by atoms with van der Waals surface area (Å²) in [5.41, 5.74) is 2.27. The Kier molecular flexibility index (Phi) is 3.33. The molecule has 4 nitrogen and oxygen atoms in total. The van der Waals surface area contributed by atoms with Gasteiger partial charge in [0.1, 0.15) is 11.9 Å². The van der Waals surface area contributed by atoms with Gasteiger partial charge in [-0.05, 0) is 29.8 Å². The van der Waals surface area contributed by atoms with Crippen LogP contribution in [0.5, 0.6) is 5.75 Å². The SMILES string of the molecule is OC[C@@H]1CN(Cc2ccncc2)c2ccccc2O1. The predicted molar refractivity (Wildman–Crippen MR) is 73.2 cm³/mol. The number of hydrogen-bond acceptors (Lipinski definition) is 4. The monoisotopic (exact) mass is 256 g/mol. The quantitative estimate of drug-likeness (QED) is 0.910. The Morgan fingerprint density at radius 2 is 2.00 bits per heavy atom. The van der Waals surface area contributed by atoms with Crippen molar-refractivity contribution in [3.63, 3.8) is 0 Å². The van der Waals surface area contributed by atoms with Crippen LogP contribution in [-0.4, -0.2) is 29.3 Å². The number of hydrogen-bond donors (Lipinski definition) is 1. The van der Waals surface area contributed by atoms with Crippen LogP contribution in [-0.2, 0) is 6.54 Å². The molecule has 0 fully saturated rings. The second-order valence-electron chi connectivity index (χ2n) is 4.63. The molecular formula is C15H16N2O2. The first-order valence-electron chi connectivity index (χ1n) is 6.37. The molecule has 1 aliphatic heterocycles. The number of aromatic nitrogens is 1. The topological polar surface area (TPSA) is 45.6 Å². The van der Waals surface area contributed by atoms with Crippen LogP contribution >= 0.6 is 0 Å². The zero-order chi connectivity index (χ0) is 13.1. The van der Waals surface area contributed by atoms with E-state index < -0.39 is 0 Å². The smallest absolute Gasteiger partial charge is 0.143 e. The molecule has 2 heterocycles. The van der Waals surface area contributed by atoms with E-state index in [1.807, 2.05) is 36.4 Å². The number of aliphatic hydroxyl groups is 1. The molecule has 0 bridgehead atoms. The first-order valence-corrected chi connectivity index (χ1v) is 6.37. The molecule has 1 atom stereocenters. The first kappa shape index (κ1) is 12.0. The fourth-order valence-corrected chi connectivity index (χ4v) is 2.33. The van der Waals surface area contributed by atoms with Gasteiger partial charge < -0.3 is 14.7 Å². The molecular weight excluding hydrogens is 240 g/mol. The maximum Gasteiger partial charge on any atom is 0.143 e. The van der Waals surface area contributed by atoms with Crippen molar-refractivity contribution in [2.75, 3.05) is 18.1 Å². The molecule has 0 amide bonds. The van der Waals surface area contributed by atoms with Crippen molar-refractivity contribution in [3.05, 3.63) is 54.4 Å². The summed E-state index contributed by atoms with van der Waals surface area (Å²) in [7, 11) is 0. The van der Waals surface area contributed by atoms with Crippen LogP contribution in [0.15, 0.2) is 48.8 Å². The summed E-state index contributed by atoms with van der Waals surface area (Å²) in [6, 6.07) is 11.9. The lowest BCUT2D eigenvalue weighted by Crippen LogP contribution is -2.41. The first-order chi connectivity index (χ1) is 9.36. The Morgan fingerprint density at radius 1 is 1.21 bits per heavy atom. The molecule has 0 unspecified atom stereocenters. The molecule has 0 saturated carbocycles. The molecule has 19 heavy (non-hydrogen) atoms. The summed E-state index contributed by atoms with van der Waals surface area (Å²) in [6.45, 7) is 1.51. The van der Waals surface area contributed by atoms with E-state index >= 15 is 0 Å². The highest BCUT2D eigenvalue weighted by atomic mass is 16.5. The largest absolute Gasteiger partial charge is 0.484 e. The van der Waals surface area contributed by atoms with Crippen LogP contribution in [0.4, 0.5) is 5.69 Å². The van der Waals surface area contributed by atoms with Crippen LogP contribution in [0.25, 0.3) is 0 Å². The van der Waals surface area contributed by atoms with E-state index in [2.05, 4.69) is 9.88 Å². The lowest BCUT2D eigenvalue weighted by atomic mass is 10.1. The van der Waals surface area contributed by atoms with Crippen molar-refractivity contribution in [1.29, 1.82) is 0 Å². The molecule has 98 valence electrons. The fraction of sp³-hybridized carbons (Fsp3) is 0.267. The number of aliphatic hydroxyl groups excluding tert-OH is 1. The van der Waals surface area contributed by atoms with Crippen molar-refractivity contribution >= 4 is 5.69 Å². The lowest BCUT2D eigenvalue weighted by molar-refractivity contribution is 0.112. The van der Waals surface area contributed by atoms with E-state index in [9.17, 15) is 5.11 Å². The third-order valence-corrected chi connectivity index (χ3v) is 3.25. The van der Waals surface area contributed by atoms with Gasteiger partial charge in [0.15, 0.2) is 0 Å². The molecule has 0 aliphatic carbocycles. The van der Waals surface area contributed by atoms with Crippen LogP contribution in [0.1, 0.15) is 5.56 Å². The average Bonchev–Trinajstić information content (AvgIpc) is 2.48. The Morgan fingerprint density at radius 3 is 2.79 bits per heavy atom. The fourth-order valence-electron chi connectivity index (χ4n) is 2.33. The van der Waals surface area contributed by atoms with Gasteiger partial charge in [0.05, 0.1) is 18.8 Å². The highest BCUT2D eigenvalue weighted by Gasteiger charge is 2.24. The third kappa shape index (κ3) is 2.53. The van der Waals surface area contributed by atoms with Crippen LogP contribution in [0.2, 0.25) is 0 Å². The van der Waals surface area contributed by atoms with Gasteiger partial charge in [-0.2, -0.15) is 0 Å². The molecule has 0 saturated heterocycles. The van der Waals surface area contributed by atoms with Crippen LogP contribution in [0, 0.1) is 0 Å². The summed E-state index contributed by atoms with van der Waals surface area (Å²) in [5.74, 6) is 0.835. The predicted octanol–water partition coefficient (Wildman–Crippen LogP) is 1.84. The van der Waals surface area contributed by atoms with Gasteiger partial charge in [0, 0.05) is 18.9 Å². The summed E-state index contributed by atoms with van der Waals surface area (Å²) in [5, 5.41) is 9.34. The van der Waals surface area contributed by atoms with Gasteiger partial charge in [-0.25, -0.2) is 0 Å². The molecule has 3 rings (SSSR count). The molecule has 1 aromatic carbocycles. The van der Waals surface area contributed by atoms with Crippen molar-refractivity contribution in [3.8, 4) is 5.75 Å². The highest BCUT2D eigenvalue weighted by Crippen LogP contribution is 2.33. The number of para-hydroxylation sites is 2. The molecule has 1 aromatic heterocycles. The van der Waals surface area contributed by atoms with Gasteiger partial charge in [-0.3, -0.25) is 4.98 Å². The molecule has 1 aliphatic rings. The Bertz CT molecular complexity index is 545. The van der Waals surface area contributed by atoms with Crippen molar-refractivity contribution in [1.82, 2.24) is 4.98 Å². The summed E-state index contributed by atoms with van der Waals surface area (Å²) in [6.07, 6.45) is 3.42. The van der Waals surface area contributed by atoms with E-state index in [1.54, 1.807) is 12.4 Å². The number of nitrogens with zero attached hydrogens (tertiary/aromatic N) is 2. The molecule has 1 N–H and O–H groups in total. The molecule has 0 spiro atoms. The zero-order valence-corrected chi connectivity index (χ0v) is 10.6. The van der Waals surface area contributed by atoms with E-state index in [1.165, 1.54) is 5.56 Å². The van der Waals surface area contributed by atoms with Gasteiger partial charge in [0.2, 0.25) is 0 Å².